The zero-order valence-electron chi connectivity index (χ0n) is 11.9. The molecule has 0 saturated carbocycles. The van der Waals surface area contributed by atoms with E-state index < -0.39 is 0 Å². The number of methoxy groups -OCH3 is 1. The van der Waals surface area contributed by atoms with Gasteiger partial charge in [0.1, 0.15) is 5.75 Å². The molecule has 0 bridgehead atoms. The lowest BCUT2D eigenvalue weighted by Gasteiger charge is -2.09. The molecule has 0 aliphatic heterocycles. The molecule has 1 aromatic heterocycles. The molecule has 2 rings (SSSR count). The highest BCUT2D eigenvalue weighted by molar-refractivity contribution is 5.91. The van der Waals surface area contributed by atoms with E-state index in [1.54, 1.807) is 19.4 Å². The van der Waals surface area contributed by atoms with E-state index in [0.29, 0.717) is 24.1 Å². The Morgan fingerprint density at radius 3 is 3.00 bits per heavy atom. The van der Waals surface area contributed by atoms with Crippen molar-refractivity contribution in [2.24, 2.45) is 0 Å². The number of aromatic nitrogens is 1. The SMILES string of the molecule is COc1cccc(CCC(=O)Nc2cnccc2CO)c1. The lowest BCUT2D eigenvalue weighted by Crippen LogP contribution is -2.14. The third kappa shape index (κ3) is 4.29. The molecule has 21 heavy (non-hydrogen) atoms. The molecule has 0 aliphatic rings. The standard InChI is InChI=1S/C16H18N2O3/c1-21-14-4-2-3-12(9-14)5-6-16(20)18-15-10-17-8-7-13(15)11-19/h2-4,7-10,19H,5-6,11H2,1H3,(H,18,20). The summed E-state index contributed by atoms with van der Waals surface area (Å²) >= 11 is 0. The number of carbonyl (C=O) groups is 1. The molecule has 2 N–H and O–H groups in total. The molecule has 0 unspecified atom stereocenters. The van der Waals surface area contributed by atoms with Gasteiger partial charge in [0.2, 0.25) is 5.91 Å². The van der Waals surface area contributed by atoms with Crippen molar-refractivity contribution in [3.05, 3.63) is 53.9 Å². The summed E-state index contributed by atoms with van der Waals surface area (Å²) in [5.41, 5.74) is 2.24. The first-order valence-corrected chi connectivity index (χ1v) is 6.69. The molecule has 1 heterocycles. The minimum absolute atomic E-state index is 0.111. The number of nitrogens with one attached hydrogen (secondary N) is 1. The number of benzene rings is 1. The molecule has 0 atom stereocenters. The number of aryl methyl sites for hydroxylation is 1. The Bertz CT molecular complexity index is 614. The Morgan fingerprint density at radius 1 is 1.38 bits per heavy atom. The average molecular weight is 286 g/mol. The molecular weight excluding hydrogens is 268 g/mol. The van der Waals surface area contributed by atoms with Crippen LogP contribution in [0.25, 0.3) is 0 Å². The van der Waals surface area contributed by atoms with Gasteiger partial charge >= 0.3 is 0 Å². The van der Waals surface area contributed by atoms with Crippen LogP contribution in [0.2, 0.25) is 0 Å². The topological polar surface area (TPSA) is 71.5 Å². The maximum Gasteiger partial charge on any atom is 0.224 e. The second-order valence-electron chi connectivity index (χ2n) is 4.59. The van der Waals surface area contributed by atoms with Crippen molar-refractivity contribution >= 4 is 11.6 Å². The summed E-state index contributed by atoms with van der Waals surface area (Å²) in [5, 5.41) is 12.0. The van der Waals surface area contributed by atoms with Crippen molar-refractivity contribution < 1.29 is 14.6 Å². The third-order valence-corrected chi connectivity index (χ3v) is 3.13. The number of aliphatic hydroxyl groups is 1. The quantitative estimate of drug-likeness (QED) is 0.853. The summed E-state index contributed by atoms with van der Waals surface area (Å²) in [5.74, 6) is 0.670. The maximum atomic E-state index is 12.0. The maximum absolute atomic E-state index is 12.0. The van der Waals surface area contributed by atoms with E-state index in [1.807, 2.05) is 24.3 Å². The van der Waals surface area contributed by atoms with Gasteiger partial charge in [-0.3, -0.25) is 9.78 Å². The van der Waals surface area contributed by atoms with Gasteiger partial charge in [-0.15, -0.1) is 0 Å². The monoisotopic (exact) mass is 286 g/mol. The lowest BCUT2D eigenvalue weighted by atomic mass is 10.1. The van der Waals surface area contributed by atoms with E-state index in [4.69, 9.17) is 4.74 Å². The smallest absolute Gasteiger partial charge is 0.224 e. The van der Waals surface area contributed by atoms with E-state index in [2.05, 4.69) is 10.3 Å². The molecule has 5 nitrogen and oxygen atoms in total. The number of anilines is 1. The minimum atomic E-state index is -0.131. The van der Waals surface area contributed by atoms with Crippen LogP contribution in [-0.2, 0) is 17.8 Å². The Kier molecular flexibility index (Phi) is 5.29. The summed E-state index contributed by atoms with van der Waals surface area (Å²) in [7, 11) is 1.62. The fourth-order valence-corrected chi connectivity index (χ4v) is 1.97. The number of hydrogen-bond donors (Lipinski definition) is 2. The number of hydrogen-bond acceptors (Lipinski definition) is 4. The van der Waals surface area contributed by atoms with Gasteiger partial charge in [0.05, 0.1) is 25.6 Å². The van der Waals surface area contributed by atoms with Gasteiger partial charge in [0, 0.05) is 18.2 Å². The van der Waals surface area contributed by atoms with Gasteiger partial charge in [0.15, 0.2) is 0 Å². The van der Waals surface area contributed by atoms with E-state index in [1.165, 1.54) is 6.20 Å². The Hall–Kier alpha value is -2.40. The van der Waals surface area contributed by atoms with E-state index in [-0.39, 0.29) is 12.5 Å². The van der Waals surface area contributed by atoms with Crippen molar-refractivity contribution in [3.63, 3.8) is 0 Å². The van der Waals surface area contributed by atoms with E-state index in [9.17, 15) is 9.90 Å². The molecule has 110 valence electrons. The van der Waals surface area contributed by atoms with Gasteiger partial charge in [-0.1, -0.05) is 12.1 Å². The second kappa shape index (κ2) is 7.40. The summed E-state index contributed by atoms with van der Waals surface area (Å²) in [4.78, 5) is 15.9. The van der Waals surface area contributed by atoms with Gasteiger partial charge in [-0.25, -0.2) is 0 Å². The van der Waals surface area contributed by atoms with Crippen LogP contribution in [0.5, 0.6) is 5.75 Å². The molecule has 0 spiro atoms. The van der Waals surface area contributed by atoms with Crippen LogP contribution in [0.3, 0.4) is 0 Å². The predicted molar refractivity (Wildman–Crippen MR) is 80.1 cm³/mol. The highest BCUT2D eigenvalue weighted by atomic mass is 16.5. The van der Waals surface area contributed by atoms with Crippen molar-refractivity contribution in [3.8, 4) is 5.75 Å². The average Bonchev–Trinajstić information content (AvgIpc) is 2.53. The number of ether oxygens (including phenoxy) is 1. The van der Waals surface area contributed by atoms with Crippen molar-refractivity contribution in [2.45, 2.75) is 19.4 Å². The summed E-state index contributed by atoms with van der Waals surface area (Å²) in [6.45, 7) is -0.131. The van der Waals surface area contributed by atoms with Crippen LogP contribution in [-0.4, -0.2) is 23.1 Å². The normalized spacial score (nSPS) is 10.2. The number of rotatable bonds is 6. The molecule has 1 aromatic carbocycles. The van der Waals surface area contributed by atoms with Gasteiger partial charge in [0.25, 0.3) is 0 Å². The largest absolute Gasteiger partial charge is 0.497 e. The van der Waals surface area contributed by atoms with Crippen molar-refractivity contribution in [2.75, 3.05) is 12.4 Å². The number of aliphatic hydroxyl groups excluding tert-OH is 1. The summed E-state index contributed by atoms with van der Waals surface area (Å²) in [6.07, 6.45) is 4.09. The van der Waals surface area contributed by atoms with Crippen molar-refractivity contribution in [1.82, 2.24) is 4.98 Å². The van der Waals surface area contributed by atoms with Crippen LogP contribution in [0.15, 0.2) is 42.7 Å². The molecule has 0 saturated heterocycles. The number of amides is 1. The molecule has 0 radical (unpaired) electrons. The fraction of sp³-hybridized carbons (Fsp3) is 0.250. The number of pyridine rings is 1. The molecule has 0 aliphatic carbocycles. The zero-order chi connectivity index (χ0) is 15.1. The second-order valence-corrected chi connectivity index (χ2v) is 4.59. The van der Waals surface area contributed by atoms with Gasteiger partial charge in [-0.05, 0) is 30.2 Å². The van der Waals surface area contributed by atoms with E-state index in [0.717, 1.165) is 11.3 Å². The summed E-state index contributed by atoms with van der Waals surface area (Å²) < 4.78 is 5.15. The minimum Gasteiger partial charge on any atom is -0.497 e. The molecule has 2 aromatic rings. The molecule has 0 fully saturated rings. The molecule has 5 heteroatoms. The Morgan fingerprint density at radius 2 is 2.24 bits per heavy atom. The van der Waals surface area contributed by atoms with Crippen LogP contribution in [0.4, 0.5) is 5.69 Å². The summed E-state index contributed by atoms with van der Waals surface area (Å²) in [6, 6.07) is 9.32. The number of carbonyl (C=O) groups excluding carboxylic acids is 1. The first kappa shape index (κ1) is 15.0. The van der Waals surface area contributed by atoms with E-state index >= 15 is 0 Å². The van der Waals surface area contributed by atoms with Crippen molar-refractivity contribution in [1.29, 1.82) is 0 Å². The lowest BCUT2D eigenvalue weighted by molar-refractivity contribution is -0.116. The first-order valence-electron chi connectivity index (χ1n) is 6.69. The van der Waals surface area contributed by atoms with Crippen LogP contribution in [0, 0.1) is 0 Å². The Labute approximate surface area is 123 Å². The molecular formula is C16H18N2O3. The molecule has 1 amide bonds. The van der Waals surface area contributed by atoms with Crippen LogP contribution >= 0.6 is 0 Å². The third-order valence-electron chi connectivity index (χ3n) is 3.13. The fourth-order valence-electron chi connectivity index (χ4n) is 1.97. The highest BCUT2D eigenvalue weighted by Gasteiger charge is 2.07. The van der Waals surface area contributed by atoms with Gasteiger partial charge < -0.3 is 15.2 Å². The number of nitrogens with zero attached hydrogens (tertiary/aromatic N) is 1. The highest BCUT2D eigenvalue weighted by Crippen LogP contribution is 2.16. The zero-order valence-corrected chi connectivity index (χ0v) is 11.9. The van der Waals surface area contributed by atoms with Crippen LogP contribution < -0.4 is 10.1 Å². The predicted octanol–water partition coefficient (Wildman–Crippen LogP) is 2.15. The Balaban J connectivity index is 1.92. The van der Waals surface area contributed by atoms with Crippen LogP contribution in [0.1, 0.15) is 17.5 Å². The first-order chi connectivity index (χ1) is 10.2. The van der Waals surface area contributed by atoms with Gasteiger partial charge in [-0.2, -0.15) is 0 Å².